The number of carboxylic acid groups (broad SMARTS) is 1. The minimum absolute atomic E-state index is 0. The van der Waals surface area contributed by atoms with Crippen LogP contribution in [0.3, 0.4) is 0 Å². The molecule has 0 heterocycles. The summed E-state index contributed by atoms with van der Waals surface area (Å²) in [7, 11) is 0.366. The highest BCUT2D eigenvalue weighted by Crippen LogP contribution is 2.39. The Balaban J connectivity index is 0. The summed E-state index contributed by atoms with van der Waals surface area (Å²) in [5.74, 6) is -0.866. The van der Waals surface area contributed by atoms with Crippen molar-refractivity contribution in [3.8, 4) is 0 Å². The minimum atomic E-state index is -0.866. The molecule has 0 bridgehead atoms. The van der Waals surface area contributed by atoms with E-state index < -0.39 is 5.97 Å². The molecule has 0 fully saturated rings. The number of benzene rings is 1. The van der Waals surface area contributed by atoms with Crippen molar-refractivity contribution in [1.82, 2.24) is 6.15 Å². The molecule has 37 heavy (non-hydrogen) atoms. The van der Waals surface area contributed by atoms with E-state index in [0.29, 0.717) is 13.5 Å². The quantitative estimate of drug-likeness (QED) is 0.0800. The van der Waals surface area contributed by atoms with Crippen LogP contribution in [-0.4, -0.2) is 35.8 Å². The van der Waals surface area contributed by atoms with Crippen molar-refractivity contribution in [2.75, 3.05) is 24.7 Å². The van der Waals surface area contributed by atoms with Crippen molar-refractivity contribution in [3.63, 3.8) is 0 Å². The molecule has 0 saturated heterocycles. The summed E-state index contributed by atoms with van der Waals surface area (Å²) >= 11 is 1.44. The van der Waals surface area contributed by atoms with E-state index in [1.165, 1.54) is 127 Å². The number of unbranched alkanes of at least 4 members (excludes halogenated alkanes) is 15. The van der Waals surface area contributed by atoms with Crippen LogP contribution >= 0.6 is 19.7 Å². The van der Waals surface area contributed by atoms with E-state index in [1.807, 2.05) is 12.3 Å². The van der Waals surface area contributed by atoms with Gasteiger partial charge in [-0.3, -0.25) is 0 Å². The smallest absolute Gasteiger partial charge is 0.336 e. The molecule has 3 nitrogen and oxygen atoms in total. The van der Waals surface area contributed by atoms with Gasteiger partial charge in [-0.25, -0.2) is 4.79 Å². The average Bonchev–Trinajstić information content (AvgIpc) is 2.89. The fraction of sp³-hybridized carbons (Fsp3) is 0.781. The molecule has 1 aromatic carbocycles. The van der Waals surface area contributed by atoms with Gasteiger partial charge in [0.15, 0.2) is 0 Å². The molecule has 0 spiro atoms. The van der Waals surface area contributed by atoms with Crippen molar-refractivity contribution in [1.29, 1.82) is 0 Å². The van der Waals surface area contributed by atoms with E-state index in [9.17, 15) is 4.79 Å². The first-order valence-electron chi connectivity index (χ1n) is 15.2. The van der Waals surface area contributed by atoms with Gasteiger partial charge in [-0.1, -0.05) is 129 Å². The van der Waals surface area contributed by atoms with Gasteiger partial charge >= 0.3 is 5.97 Å². The standard InChI is InChI=1S/C24H51P.C8H8O2S.H3N/c1-4-7-10-13-16-19-22-25(23-20-17-14-11-8-5-2)24-21-18-15-12-9-6-3;1-11-7-5-3-2-4-6(7)8(9)10;/h4-24H2,1-3H3;2-5H,1H3,(H,9,10);1H3. The fourth-order valence-electron chi connectivity index (χ4n) is 4.50. The summed E-state index contributed by atoms with van der Waals surface area (Å²) in [6.07, 6.45) is 33.1. The van der Waals surface area contributed by atoms with E-state index in [4.69, 9.17) is 5.11 Å². The molecule has 0 unspecified atom stereocenters. The molecular formula is C32H62NO2PS. The summed E-state index contributed by atoms with van der Waals surface area (Å²) < 4.78 is 0. The number of rotatable bonds is 23. The second kappa shape index (κ2) is 30.0. The third-order valence-corrected chi connectivity index (χ3v) is 10.5. The van der Waals surface area contributed by atoms with Crippen LogP contribution in [0.15, 0.2) is 29.2 Å². The average molecular weight is 556 g/mol. The topological polar surface area (TPSA) is 72.3 Å². The van der Waals surface area contributed by atoms with Gasteiger partial charge in [-0.15, -0.1) is 19.7 Å². The summed E-state index contributed by atoms with van der Waals surface area (Å²) in [5, 5.41) is 8.68. The predicted octanol–water partition coefficient (Wildman–Crippen LogP) is 11.8. The maximum Gasteiger partial charge on any atom is 0.336 e. The number of hydrogen-bond donors (Lipinski definition) is 2. The summed E-state index contributed by atoms with van der Waals surface area (Å²) in [6.45, 7) is 6.96. The van der Waals surface area contributed by atoms with Crippen LogP contribution in [0, 0.1) is 0 Å². The van der Waals surface area contributed by atoms with Crippen molar-refractivity contribution in [3.05, 3.63) is 29.8 Å². The van der Waals surface area contributed by atoms with Crippen LogP contribution in [0.1, 0.15) is 147 Å². The van der Waals surface area contributed by atoms with Gasteiger partial charge in [0.2, 0.25) is 0 Å². The lowest BCUT2D eigenvalue weighted by atomic mass is 10.1. The molecule has 1 rings (SSSR count). The highest BCUT2D eigenvalue weighted by Gasteiger charge is 2.08. The third-order valence-electron chi connectivity index (χ3n) is 6.82. The van der Waals surface area contributed by atoms with Gasteiger partial charge in [0.05, 0.1) is 5.56 Å². The van der Waals surface area contributed by atoms with Crippen LogP contribution in [0.4, 0.5) is 0 Å². The Hall–Kier alpha value is -0.570. The Labute approximate surface area is 237 Å². The Bertz CT molecular complexity index is 576. The van der Waals surface area contributed by atoms with Crippen LogP contribution in [0.2, 0.25) is 0 Å². The molecule has 0 aliphatic heterocycles. The molecule has 0 aliphatic carbocycles. The number of aromatic carboxylic acids is 1. The van der Waals surface area contributed by atoms with Crippen molar-refractivity contribution in [2.24, 2.45) is 0 Å². The first kappa shape index (κ1) is 38.6. The van der Waals surface area contributed by atoms with Crippen LogP contribution in [-0.2, 0) is 0 Å². The lowest BCUT2D eigenvalue weighted by molar-refractivity contribution is 0.0693. The van der Waals surface area contributed by atoms with Crippen LogP contribution in [0.5, 0.6) is 0 Å². The Morgan fingerprint density at radius 2 is 1.00 bits per heavy atom. The van der Waals surface area contributed by atoms with E-state index in [0.717, 1.165) is 4.90 Å². The largest absolute Gasteiger partial charge is 0.478 e. The van der Waals surface area contributed by atoms with Gasteiger partial charge in [-0.05, 0) is 56.1 Å². The first-order valence-corrected chi connectivity index (χ1v) is 18.3. The molecule has 0 saturated carbocycles. The molecule has 1 aromatic rings. The first-order chi connectivity index (χ1) is 17.6. The van der Waals surface area contributed by atoms with Gasteiger partial charge in [0.25, 0.3) is 0 Å². The second-order valence-corrected chi connectivity index (χ2v) is 13.7. The van der Waals surface area contributed by atoms with E-state index in [1.54, 1.807) is 36.7 Å². The zero-order valence-corrected chi connectivity index (χ0v) is 26.8. The van der Waals surface area contributed by atoms with Crippen LogP contribution in [0.25, 0.3) is 0 Å². The monoisotopic (exact) mass is 555 g/mol. The minimum Gasteiger partial charge on any atom is -0.478 e. The van der Waals surface area contributed by atoms with Gasteiger partial charge < -0.3 is 11.3 Å². The number of thioether (sulfide) groups is 1. The lowest BCUT2D eigenvalue weighted by Crippen LogP contribution is -1.97. The molecule has 4 N–H and O–H groups in total. The Morgan fingerprint density at radius 3 is 1.32 bits per heavy atom. The number of carboxylic acids is 1. The van der Waals surface area contributed by atoms with E-state index in [-0.39, 0.29) is 6.15 Å². The van der Waals surface area contributed by atoms with Gasteiger partial charge in [0, 0.05) is 4.90 Å². The molecule has 0 radical (unpaired) electrons. The fourth-order valence-corrected chi connectivity index (χ4v) is 7.78. The predicted molar refractivity (Wildman–Crippen MR) is 172 cm³/mol. The molecule has 0 atom stereocenters. The van der Waals surface area contributed by atoms with Gasteiger partial charge in [0.1, 0.15) is 0 Å². The van der Waals surface area contributed by atoms with Crippen molar-refractivity contribution < 1.29 is 9.90 Å². The summed E-state index contributed by atoms with van der Waals surface area (Å²) in [5.41, 5.74) is 0.375. The van der Waals surface area contributed by atoms with E-state index in [2.05, 4.69) is 20.8 Å². The summed E-state index contributed by atoms with van der Waals surface area (Å²) in [6, 6.07) is 6.96. The Morgan fingerprint density at radius 1 is 0.649 bits per heavy atom. The van der Waals surface area contributed by atoms with Crippen LogP contribution < -0.4 is 6.15 Å². The summed E-state index contributed by atoms with van der Waals surface area (Å²) in [4.78, 5) is 11.4. The zero-order valence-electron chi connectivity index (χ0n) is 25.1. The molecular weight excluding hydrogens is 493 g/mol. The third kappa shape index (κ3) is 24.2. The van der Waals surface area contributed by atoms with Crippen molar-refractivity contribution in [2.45, 2.75) is 141 Å². The molecule has 0 aromatic heterocycles. The zero-order chi connectivity index (χ0) is 26.7. The maximum atomic E-state index is 10.6. The number of hydrogen-bond acceptors (Lipinski definition) is 3. The van der Waals surface area contributed by atoms with Gasteiger partial charge in [-0.2, -0.15) is 0 Å². The number of carbonyl (C=O) groups is 1. The maximum absolute atomic E-state index is 10.6. The van der Waals surface area contributed by atoms with Crippen molar-refractivity contribution >= 4 is 25.7 Å². The Kier molecular flexibility index (Phi) is 31.3. The highest BCUT2D eigenvalue weighted by atomic mass is 32.2. The molecule has 0 amide bonds. The normalized spacial score (nSPS) is 10.6. The lowest BCUT2D eigenvalue weighted by Gasteiger charge is -2.18. The molecule has 5 heteroatoms. The molecule has 0 aliphatic rings. The SMILES string of the molecule is CCCCCCCCP(CCCCCCCC)CCCCCCCC.CSc1ccccc1C(=O)O.N. The second-order valence-electron chi connectivity index (χ2n) is 10.2. The molecule has 218 valence electrons. The van der Waals surface area contributed by atoms with E-state index >= 15 is 0 Å². The highest BCUT2D eigenvalue weighted by molar-refractivity contribution is 7.98.